The summed E-state index contributed by atoms with van der Waals surface area (Å²) >= 11 is 0. The second-order valence-electron chi connectivity index (χ2n) is 7.64. The molecular formula is C20H22F2N4O2. The quantitative estimate of drug-likeness (QED) is 0.827. The molecule has 2 amide bonds. The van der Waals surface area contributed by atoms with E-state index in [1.54, 1.807) is 13.0 Å². The molecule has 2 aromatic rings. The van der Waals surface area contributed by atoms with Crippen LogP contribution in [0.3, 0.4) is 0 Å². The van der Waals surface area contributed by atoms with Gasteiger partial charge in [0, 0.05) is 25.1 Å². The average molecular weight is 388 g/mol. The molecule has 1 saturated heterocycles. The highest BCUT2D eigenvalue weighted by atomic mass is 19.3. The number of aromatic nitrogens is 2. The summed E-state index contributed by atoms with van der Waals surface area (Å²) in [4.78, 5) is 26.7. The van der Waals surface area contributed by atoms with E-state index in [-0.39, 0.29) is 24.6 Å². The Morgan fingerprint density at radius 3 is 2.64 bits per heavy atom. The van der Waals surface area contributed by atoms with E-state index in [0.717, 1.165) is 5.56 Å². The van der Waals surface area contributed by atoms with Crippen molar-refractivity contribution in [2.24, 2.45) is 5.41 Å². The number of nitrogens with one attached hydrogen (secondary N) is 2. The molecular weight excluding hydrogens is 366 g/mol. The first-order chi connectivity index (χ1) is 13.4. The number of nitrogens with zero attached hydrogens (tertiary/aromatic N) is 2. The Morgan fingerprint density at radius 2 is 2.04 bits per heavy atom. The maximum absolute atomic E-state index is 13.6. The number of carbonyl (C=O) groups is 2. The molecule has 2 N–H and O–H groups in total. The van der Waals surface area contributed by atoms with E-state index < -0.39 is 23.3 Å². The van der Waals surface area contributed by atoms with Gasteiger partial charge in [-0.1, -0.05) is 37.3 Å². The minimum atomic E-state index is -2.67. The lowest BCUT2D eigenvalue weighted by atomic mass is 10.1. The van der Waals surface area contributed by atoms with E-state index in [9.17, 15) is 18.4 Å². The van der Waals surface area contributed by atoms with Gasteiger partial charge in [-0.05, 0) is 18.9 Å². The first-order valence-corrected chi connectivity index (χ1v) is 9.43. The lowest BCUT2D eigenvalue weighted by Gasteiger charge is -2.23. The maximum Gasteiger partial charge on any atom is 0.269 e. The highest BCUT2D eigenvalue weighted by Gasteiger charge is 2.73. The van der Waals surface area contributed by atoms with Crippen molar-refractivity contribution < 1.29 is 18.4 Å². The van der Waals surface area contributed by atoms with Gasteiger partial charge in [0.2, 0.25) is 5.91 Å². The van der Waals surface area contributed by atoms with E-state index in [2.05, 4.69) is 15.5 Å². The van der Waals surface area contributed by atoms with Gasteiger partial charge < -0.3 is 10.2 Å². The number of hydrogen-bond acceptors (Lipinski definition) is 3. The summed E-state index contributed by atoms with van der Waals surface area (Å²) in [7, 11) is 0. The van der Waals surface area contributed by atoms with Crippen LogP contribution in [0.4, 0.5) is 8.78 Å². The summed E-state index contributed by atoms with van der Waals surface area (Å²) < 4.78 is 27.1. The fourth-order valence-corrected chi connectivity index (χ4v) is 3.87. The van der Waals surface area contributed by atoms with E-state index in [1.165, 1.54) is 4.90 Å². The molecule has 2 atom stereocenters. The molecule has 1 aromatic carbocycles. The molecule has 2 fully saturated rings. The van der Waals surface area contributed by atoms with Crippen molar-refractivity contribution in [2.45, 2.75) is 38.2 Å². The number of amides is 2. The van der Waals surface area contributed by atoms with Gasteiger partial charge in [0.05, 0.1) is 11.1 Å². The standard InChI is InChI=1S/C20H22F2N4O2/c1-2-14(18(28)26-9-8-19(12-26)11-20(19,21)22)23-17(27)16-10-15(24-25-16)13-6-4-3-5-7-13/h3-7,10,14H,2,8-9,11-12H2,1H3,(H,23,27)(H,24,25)/t14-,19+/m1/s1. The molecule has 1 aliphatic heterocycles. The third-order valence-electron chi connectivity index (χ3n) is 5.78. The zero-order valence-electron chi connectivity index (χ0n) is 15.5. The fourth-order valence-electron chi connectivity index (χ4n) is 3.87. The summed E-state index contributed by atoms with van der Waals surface area (Å²) in [5.41, 5.74) is 0.701. The average Bonchev–Trinajstić information content (AvgIpc) is 3.12. The summed E-state index contributed by atoms with van der Waals surface area (Å²) in [5.74, 6) is -3.42. The Kier molecular flexibility index (Phi) is 4.44. The van der Waals surface area contributed by atoms with Gasteiger partial charge in [0.1, 0.15) is 11.7 Å². The Balaban J connectivity index is 1.40. The molecule has 0 unspecified atom stereocenters. The summed E-state index contributed by atoms with van der Waals surface area (Å²) in [6, 6.07) is 10.3. The number of carbonyl (C=O) groups excluding carboxylic acids is 2. The second kappa shape index (κ2) is 6.68. The van der Waals surface area contributed by atoms with E-state index in [4.69, 9.17) is 0 Å². The number of alkyl halides is 2. The molecule has 2 heterocycles. The summed E-state index contributed by atoms with van der Waals surface area (Å²) in [6.07, 6.45) is 0.546. The molecule has 2 aliphatic rings. The van der Waals surface area contributed by atoms with Crippen molar-refractivity contribution in [2.75, 3.05) is 13.1 Å². The fraction of sp³-hybridized carbons (Fsp3) is 0.450. The Hall–Kier alpha value is -2.77. The summed E-state index contributed by atoms with van der Waals surface area (Å²) in [6.45, 7) is 2.15. The monoisotopic (exact) mass is 388 g/mol. The predicted octanol–water partition coefficient (Wildman–Crippen LogP) is 2.84. The van der Waals surface area contributed by atoms with Gasteiger partial charge in [0.25, 0.3) is 11.8 Å². The molecule has 4 rings (SSSR count). The van der Waals surface area contributed by atoms with Gasteiger partial charge in [-0.15, -0.1) is 0 Å². The largest absolute Gasteiger partial charge is 0.340 e. The van der Waals surface area contributed by atoms with Crippen LogP contribution in [0.25, 0.3) is 11.3 Å². The van der Waals surface area contributed by atoms with Crippen molar-refractivity contribution in [1.29, 1.82) is 0 Å². The van der Waals surface area contributed by atoms with Crippen LogP contribution in [-0.2, 0) is 4.79 Å². The van der Waals surface area contributed by atoms with Crippen molar-refractivity contribution in [3.8, 4) is 11.3 Å². The maximum atomic E-state index is 13.6. The van der Waals surface area contributed by atoms with E-state index in [1.807, 2.05) is 30.3 Å². The van der Waals surface area contributed by atoms with Crippen molar-refractivity contribution in [1.82, 2.24) is 20.4 Å². The lowest BCUT2D eigenvalue weighted by molar-refractivity contribution is -0.132. The van der Waals surface area contributed by atoms with Crippen LogP contribution in [0, 0.1) is 5.41 Å². The van der Waals surface area contributed by atoms with Gasteiger partial charge in [-0.3, -0.25) is 14.7 Å². The number of rotatable bonds is 5. The SMILES string of the molecule is CC[C@@H](NC(=O)c1cc(-c2ccccc2)n[nH]1)C(=O)N1CC[C@@]2(C1)CC2(F)F. The number of H-pyrrole nitrogens is 1. The van der Waals surface area contributed by atoms with Crippen LogP contribution in [0.1, 0.15) is 36.7 Å². The van der Waals surface area contributed by atoms with Crippen LogP contribution in [0.5, 0.6) is 0 Å². The van der Waals surface area contributed by atoms with Gasteiger partial charge >= 0.3 is 0 Å². The number of benzene rings is 1. The number of hydrogen-bond donors (Lipinski definition) is 2. The molecule has 1 aliphatic carbocycles. The first kappa shape index (κ1) is 18.6. The Morgan fingerprint density at radius 1 is 1.32 bits per heavy atom. The normalized spacial score (nSPS) is 23.6. The second-order valence-corrected chi connectivity index (χ2v) is 7.64. The molecule has 8 heteroatoms. The van der Waals surface area contributed by atoms with Crippen molar-refractivity contribution >= 4 is 11.8 Å². The topological polar surface area (TPSA) is 78.1 Å². The third kappa shape index (κ3) is 3.16. The molecule has 1 spiro atoms. The van der Waals surface area contributed by atoms with Gasteiger partial charge in [-0.25, -0.2) is 8.78 Å². The molecule has 148 valence electrons. The smallest absolute Gasteiger partial charge is 0.269 e. The highest BCUT2D eigenvalue weighted by molar-refractivity contribution is 5.96. The minimum Gasteiger partial charge on any atom is -0.340 e. The van der Waals surface area contributed by atoms with Crippen molar-refractivity contribution in [3.63, 3.8) is 0 Å². The van der Waals surface area contributed by atoms with Crippen LogP contribution >= 0.6 is 0 Å². The van der Waals surface area contributed by atoms with Gasteiger partial charge in [0.15, 0.2) is 0 Å². The summed E-state index contributed by atoms with van der Waals surface area (Å²) in [5, 5.41) is 9.54. The van der Waals surface area contributed by atoms with Crippen LogP contribution in [0.2, 0.25) is 0 Å². The van der Waals surface area contributed by atoms with Crippen LogP contribution in [-0.4, -0.2) is 52.0 Å². The molecule has 28 heavy (non-hydrogen) atoms. The molecule has 0 bridgehead atoms. The molecule has 0 radical (unpaired) electrons. The first-order valence-electron chi connectivity index (χ1n) is 9.43. The van der Waals surface area contributed by atoms with Crippen LogP contribution in [0.15, 0.2) is 36.4 Å². The van der Waals surface area contributed by atoms with E-state index >= 15 is 0 Å². The highest BCUT2D eigenvalue weighted by Crippen LogP contribution is 2.65. The zero-order chi connectivity index (χ0) is 19.9. The number of halogens is 2. The van der Waals surface area contributed by atoms with Gasteiger partial charge in [-0.2, -0.15) is 5.10 Å². The van der Waals surface area contributed by atoms with E-state index in [0.29, 0.717) is 25.1 Å². The third-order valence-corrected chi connectivity index (χ3v) is 5.78. The van der Waals surface area contributed by atoms with Crippen molar-refractivity contribution in [3.05, 3.63) is 42.1 Å². The Bertz CT molecular complexity index is 899. The zero-order valence-corrected chi connectivity index (χ0v) is 15.5. The van der Waals surface area contributed by atoms with Crippen LogP contribution < -0.4 is 5.32 Å². The molecule has 6 nitrogen and oxygen atoms in total. The minimum absolute atomic E-state index is 0.0629. The Labute approximate surface area is 161 Å². The molecule has 1 aromatic heterocycles. The predicted molar refractivity (Wildman–Crippen MR) is 98.8 cm³/mol. The lowest BCUT2D eigenvalue weighted by Crippen LogP contribution is -2.47. The number of likely N-dealkylation sites (tertiary alicyclic amines) is 1. The number of aromatic amines is 1. The molecule has 1 saturated carbocycles.